The van der Waals surface area contributed by atoms with E-state index in [-0.39, 0.29) is 0 Å². The van der Waals surface area contributed by atoms with Crippen molar-refractivity contribution in [2.24, 2.45) is 0 Å². The van der Waals surface area contributed by atoms with E-state index in [4.69, 9.17) is 22.1 Å². The molecule has 0 spiro atoms. The topological polar surface area (TPSA) is 61.0 Å². The summed E-state index contributed by atoms with van der Waals surface area (Å²) in [6.45, 7) is 1.93. The Morgan fingerprint density at radius 1 is 1.26 bits per heavy atom. The molecule has 3 rings (SSSR count). The normalized spacial score (nSPS) is 14.4. The van der Waals surface area contributed by atoms with E-state index in [1.165, 1.54) is 0 Å². The van der Waals surface area contributed by atoms with Crippen LogP contribution in [-0.4, -0.2) is 9.97 Å². The smallest absolute Gasteiger partial charge is 0.224 e. The van der Waals surface area contributed by atoms with Crippen molar-refractivity contribution in [2.75, 3.05) is 5.73 Å². The van der Waals surface area contributed by atoms with Gasteiger partial charge in [0.25, 0.3) is 0 Å². The third kappa shape index (κ3) is 2.79. The summed E-state index contributed by atoms with van der Waals surface area (Å²) < 4.78 is 5.72. The van der Waals surface area contributed by atoms with Gasteiger partial charge in [0.05, 0.1) is 0 Å². The van der Waals surface area contributed by atoms with Gasteiger partial charge in [-0.15, -0.1) is 0 Å². The van der Waals surface area contributed by atoms with Gasteiger partial charge in [0.2, 0.25) is 5.88 Å². The van der Waals surface area contributed by atoms with Crippen molar-refractivity contribution in [3.63, 3.8) is 0 Å². The van der Waals surface area contributed by atoms with Gasteiger partial charge in [-0.05, 0) is 43.5 Å². The molecule has 1 saturated carbocycles. The minimum absolute atomic E-state index is 0.442. The predicted octanol–water partition coefficient (Wildman–Crippen LogP) is 3.69. The number of ether oxygens (including phenoxy) is 1. The third-order valence-electron chi connectivity index (χ3n) is 3.03. The van der Waals surface area contributed by atoms with Gasteiger partial charge in [-0.2, -0.15) is 4.98 Å². The molecule has 1 aromatic carbocycles. The van der Waals surface area contributed by atoms with Crippen molar-refractivity contribution in [3.8, 4) is 11.6 Å². The summed E-state index contributed by atoms with van der Waals surface area (Å²) in [4.78, 5) is 8.63. The Labute approximate surface area is 116 Å². The Morgan fingerprint density at radius 2 is 2.05 bits per heavy atom. The number of nitrogen functional groups attached to an aromatic ring is 1. The summed E-state index contributed by atoms with van der Waals surface area (Å²) in [6, 6.07) is 7.12. The standard InChI is InChI=1S/C14H14ClN3O/c1-8-6-10(4-5-11(8)15)19-13-7-12(16)17-14(18-13)9-2-3-9/h4-7,9H,2-3H2,1H3,(H2,16,17,18). The maximum Gasteiger partial charge on any atom is 0.224 e. The number of nitrogens with zero attached hydrogens (tertiary/aromatic N) is 2. The van der Waals surface area contributed by atoms with Gasteiger partial charge in [-0.1, -0.05) is 11.6 Å². The first-order valence-electron chi connectivity index (χ1n) is 6.20. The van der Waals surface area contributed by atoms with E-state index < -0.39 is 0 Å². The highest BCUT2D eigenvalue weighted by atomic mass is 35.5. The molecule has 98 valence electrons. The van der Waals surface area contributed by atoms with Crippen LogP contribution < -0.4 is 10.5 Å². The summed E-state index contributed by atoms with van der Waals surface area (Å²) in [7, 11) is 0. The molecule has 0 aliphatic heterocycles. The van der Waals surface area contributed by atoms with Crippen molar-refractivity contribution in [1.82, 2.24) is 9.97 Å². The van der Waals surface area contributed by atoms with Gasteiger partial charge in [0.1, 0.15) is 17.4 Å². The minimum Gasteiger partial charge on any atom is -0.439 e. The SMILES string of the molecule is Cc1cc(Oc2cc(N)nc(C3CC3)n2)ccc1Cl. The van der Waals surface area contributed by atoms with E-state index >= 15 is 0 Å². The maximum atomic E-state index is 5.98. The lowest BCUT2D eigenvalue weighted by molar-refractivity contribution is 0.459. The molecule has 0 atom stereocenters. The van der Waals surface area contributed by atoms with Crippen LogP contribution in [0.4, 0.5) is 5.82 Å². The zero-order valence-electron chi connectivity index (χ0n) is 10.6. The fourth-order valence-corrected chi connectivity index (χ4v) is 1.96. The number of halogens is 1. The third-order valence-corrected chi connectivity index (χ3v) is 3.46. The van der Waals surface area contributed by atoms with E-state index in [9.17, 15) is 0 Å². The summed E-state index contributed by atoms with van der Waals surface area (Å²) in [5.74, 6) is 2.84. The Morgan fingerprint density at radius 3 is 2.74 bits per heavy atom. The second kappa shape index (κ2) is 4.70. The van der Waals surface area contributed by atoms with Crippen molar-refractivity contribution in [2.45, 2.75) is 25.7 Å². The van der Waals surface area contributed by atoms with Crippen LogP contribution in [0.25, 0.3) is 0 Å². The molecular weight excluding hydrogens is 262 g/mol. The quantitative estimate of drug-likeness (QED) is 0.928. The molecule has 4 nitrogen and oxygen atoms in total. The van der Waals surface area contributed by atoms with Crippen molar-refractivity contribution >= 4 is 17.4 Å². The minimum atomic E-state index is 0.442. The van der Waals surface area contributed by atoms with Crippen LogP contribution in [0, 0.1) is 6.92 Å². The monoisotopic (exact) mass is 275 g/mol. The fraction of sp³-hybridized carbons (Fsp3) is 0.286. The van der Waals surface area contributed by atoms with Crippen LogP contribution in [0.2, 0.25) is 5.02 Å². The number of aromatic nitrogens is 2. The van der Waals surface area contributed by atoms with Gasteiger partial charge < -0.3 is 10.5 Å². The summed E-state index contributed by atoms with van der Waals surface area (Å²) in [5, 5.41) is 0.716. The Bertz CT molecular complexity index is 626. The van der Waals surface area contributed by atoms with Gasteiger partial charge in [-0.3, -0.25) is 0 Å². The van der Waals surface area contributed by atoms with E-state index in [1.54, 1.807) is 12.1 Å². The first kappa shape index (κ1) is 12.2. The van der Waals surface area contributed by atoms with E-state index in [0.717, 1.165) is 24.2 Å². The number of hydrogen-bond donors (Lipinski definition) is 1. The number of aryl methyl sites for hydroxylation is 1. The molecule has 1 heterocycles. The first-order chi connectivity index (χ1) is 9.11. The zero-order valence-corrected chi connectivity index (χ0v) is 11.3. The highest BCUT2D eigenvalue weighted by Crippen LogP contribution is 2.39. The highest BCUT2D eigenvalue weighted by Gasteiger charge is 2.27. The fourth-order valence-electron chi connectivity index (χ4n) is 1.84. The molecule has 1 fully saturated rings. The summed E-state index contributed by atoms with van der Waals surface area (Å²) in [5.41, 5.74) is 6.74. The molecule has 1 aliphatic carbocycles. The van der Waals surface area contributed by atoms with Crippen LogP contribution in [0.15, 0.2) is 24.3 Å². The molecule has 2 N–H and O–H groups in total. The Hall–Kier alpha value is -1.81. The largest absolute Gasteiger partial charge is 0.439 e. The molecule has 0 amide bonds. The molecule has 0 unspecified atom stereocenters. The second-order valence-electron chi connectivity index (χ2n) is 4.78. The van der Waals surface area contributed by atoms with Crippen molar-refractivity contribution in [1.29, 1.82) is 0 Å². The van der Waals surface area contributed by atoms with Gasteiger partial charge in [0, 0.05) is 17.0 Å². The van der Waals surface area contributed by atoms with Gasteiger partial charge in [0.15, 0.2) is 0 Å². The summed E-state index contributed by atoms with van der Waals surface area (Å²) >= 11 is 5.98. The Balaban J connectivity index is 1.87. The van der Waals surface area contributed by atoms with Crippen LogP contribution in [0.5, 0.6) is 11.6 Å². The number of hydrogen-bond acceptors (Lipinski definition) is 4. The lowest BCUT2D eigenvalue weighted by Crippen LogP contribution is -2.00. The Kier molecular flexibility index (Phi) is 3.03. The summed E-state index contributed by atoms with van der Waals surface area (Å²) in [6.07, 6.45) is 2.26. The molecule has 0 saturated heterocycles. The average Bonchev–Trinajstić information content (AvgIpc) is 3.17. The highest BCUT2D eigenvalue weighted by molar-refractivity contribution is 6.31. The first-order valence-corrected chi connectivity index (χ1v) is 6.58. The predicted molar refractivity (Wildman–Crippen MR) is 74.7 cm³/mol. The molecule has 0 radical (unpaired) electrons. The molecule has 5 heteroatoms. The van der Waals surface area contributed by atoms with Crippen LogP contribution >= 0.6 is 11.6 Å². The molecule has 2 aromatic rings. The van der Waals surface area contributed by atoms with Gasteiger partial charge >= 0.3 is 0 Å². The lowest BCUT2D eigenvalue weighted by atomic mass is 10.2. The van der Waals surface area contributed by atoms with Crippen LogP contribution in [0.1, 0.15) is 30.1 Å². The van der Waals surface area contributed by atoms with Crippen LogP contribution in [0.3, 0.4) is 0 Å². The molecular formula is C14H14ClN3O. The van der Waals surface area contributed by atoms with Crippen molar-refractivity contribution in [3.05, 3.63) is 40.7 Å². The molecule has 1 aromatic heterocycles. The van der Waals surface area contributed by atoms with Gasteiger partial charge in [-0.25, -0.2) is 4.98 Å². The van der Waals surface area contributed by atoms with E-state index in [2.05, 4.69) is 9.97 Å². The van der Waals surface area contributed by atoms with E-state index in [1.807, 2.05) is 19.1 Å². The average molecular weight is 276 g/mol. The number of benzene rings is 1. The van der Waals surface area contributed by atoms with Crippen LogP contribution in [-0.2, 0) is 0 Å². The molecule has 1 aliphatic rings. The molecule has 0 bridgehead atoms. The lowest BCUT2D eigenvalue weighted by Gasteiger charge is -2.08. The second-order valence-corrected chi connectivity index (χ2v) is 5.18. The molecule has 19 heavy (non-hydrogen) atoms. The maximum absolute atomic E-state index is 5.98. The van der Waals surface area contributed by atoms with E-state index in [0.29, 0.717) is 28.4 Å². The number of nitrogens with two attached hydrogens (primary N) is 1. The number of anilines is 1. The zero-order chi connectivity index (χ0) is 13.4. The van der Waals surface area contributed by atoms with Crippen molar-refractivity contribution < 1.29 is 4.74 Å². The number of rotatable bonds is 3.